The van der Waals surface area contributed by atoms with Crippen LogP contribution in [0.3, 0.4) is 0 Å². The molecule has 0 unspecified atom stereocenters. The molecule has 0 bridgehead atoms. The van der Waals surface area contributed by atoms with E-state index in [0.717, 1.165) is 0 Å². The van der Waals surface area contributed by atoms with Crippen molar-refractivity contribution in [2.45, 2.75) is 39.0 Å². The van der Waals surface area contributed by atoms with E-state index in [1.165, 1.54) is 10.8 Å². The summed E-state index contributed by atoms with van der Waals surface area (Å²) in [6, 6.07) is 0. The number of aromatic nitrogens is 2. The fourth-order valence-corrected chi connectivity index (χ4v) is 2.82. The van der Waals surface area contributed by atoms with Crippen molar-refractivity contribution >= 4 is 23.5 Å². The first-order valence-corrected chi connectivity index (χ1v) is 8.68. The highest BCUT2D eigenvalue weighted by Crippen LogP contribution is 2.16. The molecule has 1 aromatic rings. The van der Waals surface area contributed by atoms with Gasteiger partial charge < -0.3 is 24.9 Å². The number of rotatable bonds is 5. The molecule has 10 nitrogen and oxygen atoms in total. The van der Waals surface area contributed by atoms with Crippen molar-refractivity contribution in [3.05, 3.63) is 21.6 Å². The van der Waals surface area contributed by atoms with Gasteiger partial charge >= 0.3 is 17.2 Å². The van der Waals surface area contributed by atoms with Crippen LogP contribution in [0, 0.1) is 10.1 Å². The van der Waals surface area contributed by atoms with Crippen LogP contribution in [0.5, 0.6) is 0 Å². The van der Waals surface area contributed by atoms with Gasteiger partial charge in [-0.05, 0) is 42.3 Å². The number of hydrogen-bond acceptors (Lipinski definition) is 7. The third kappa shape index (κ3) is 5.82. The molecule has 1 saturated heterocycles. The monoisotopic (exact) mass is 389 g/mol. The van der Waals surface area contributed by atoms with Gasteiger partial charge in [0, 0.05) is 32.7 Å². The van der Waals surface area contributed by atoms with Crippen molar-refractivity contribution in [2.24, 2.45) is 0 Å². The fourth-order valence-electron chi connectivity index (χ4n) is 2.62. The van der Waals surface area contributed by atoms with Crippen LogP contribution >= 0.6 is 11.6 Å². The summed E-state index contributed by atoms with van der Waals surface area (Å²) in [4.78, 5) is 29.4. The summed E-state index contributed by atoms with van der Waals surface area (Å²) in [5.41, 5.74) is -0.531. The van der Waals surface area contributed by atoms with Gasteiger partial charge in [-0.2, -0.15) is 0 Å². The van der Waals surface area contributed by atoms with E-state index in [2.05, 4.69) is 4.98 Å². The lowest BCUT2D eigenvalue weighted by Gasteiger charge is -2.36. The minimum Gasteiger partial charge on any atom is -0.444 e. The van der Waals surface area contributed by atoms with E-state index in [0.29, 0.717) is 32.7 Å². The number of ether oxygens (including phenoxy) is 1. The van der Waals surface area contributed by atoms with Gasteiger partial charge in [-0.3, -0.25) is 9.47 Å². The minimum absolute atomic E-state index is 0.0366. The second kappa shape index (κ2) is 8.19. The lowest BCUT2D eigenvalue weighted by atomic mass is 10.2. The van der Waals surface area contributed by atoms with Crippen LogP contribution in [0.1, 0.15) is 20.8 Å². The molecule has 26 heavy (non-hydrogen) atoms. The number of nitro groups is 1. The topological polar surface area (TPSA) is 114 Å². The molecular weight excluding hydrogens is 366 g/mol. The molecule has 1 N–H and O–H groups in total. The average Bonchev–Trinajstić information content (AvgIpc) is 2.87. The molecule has 0 aliphatic carbocycles. The van der Waals surface area contributed by atoms with Crippen molar-refractivity contribution in [3.63, 3.8) is 0 Å². The van der Waals surface area contributed by atoms with Gasteiger partial charge in [-0.15, -0.1) is 0 Å². The molecule has 0 saturated carbocycles. The highest BCUT2D eigenvalue weighted by atomic mass is 35.5. The zero-order valence-electron chi connectivity index (χ0n) is 15.1. The molecule has 1 aromatic heterocycles. The first-order valence-electron chi connectivity index (χ1n) is 8.30. The first kappa shape index (κ1) is 20.4. The van der Waals surface area contributed by atoms with Gasteiger partial charge in [0.1, 0.15) is 11.8 Å². The van der Waals surface area contributed by atoms with Crippen LogP contribution in [0.2, 0.25) is 5.28 Å². The number of hydrogen-bond donors (Lipinski definition) is 1. The zero-order valence-corrected chi connectivity index (χ0v) is 15.8. The number of imidazole rings is 1. The Balaban J connectivity index is 1.80. The molecule has 0 radical (unpaired) electrons. The van der Waals surface area contributed by atoms with Gasteiger partial charge in [0.05, 0.1) is 12.6 Å². The summed E-state index contributed by atoms with van der Waals surface area (Å²) in [5, 5.41) is 20.9. The van der Waals surface area contributed by atoms with Gasteiger partial charge in [0.25, 0.3) is 0 Å². The summed E-state index contributed by atoms with van der Waals surface area (Å²) in [6.07, 6.45) is 0.0935. The lowest BCUT2D eigenvalue weighted by Crippen LogP contribution is -2.51. The Morgan fingerprint density at radius 2 is 2.00 bits per heavy atom. The SMILES string of the molecule is CC(C)(C)OC(=O)N1CCN(C[C@H](O)Cn2cc([N+](=O)[O-])nc2Cl)CC1. The van der Waals surface area contributed by atoms with Crippen LogP contribution in [-0.2, 0) is 11.3 Å². The summed E-state index contributed by atoms with van der Waals surface area (Å²) >= 11 is 5.85. The maximum absolute atomic E-state index is 12.0. The Hall–Kier alpha value is -1.91. The van der Waals surface area contributed by atoms with Crippen molar-refractivity contribution in [1.29, 1.82) is 0 Å². The molecule has 0 spiro atoms. The summed E-state index contributed by atoms with van der Waals surface area (Å²) in [7, 11) is 0. The smallest absolute Gasteiger partial charge is 0.410 e. The molecule has 1 fully saturated rings. The van der Waals surface area contributed by atoms with E-state index < -0.39 is 16.6 Å². The quantitative estimate of drug-likeness (QED) is 0.597. The Labute approximate surface area is 156 Å². The zero-order chi connectivity index (χ0) is 19.5. The Morgan fingerprint density at radius 1 is 1.38 bits per heavy atom. The molecule has 11 heteroatoms. The van der Waals surface area contributed by atoms with Gasteiger partial charge in [-0.1, -0.05) is 0 Å². The van der Waals surface area contributed by atoms with E-state index >= 15 is 0 Å². The number of aliphatic hydroxyl groups is 1. The Kier molecular flexibility index (Phi) is 6.43. The molecule has 2 heterocycles. The average molecular weight is 390 g/mol. The van der Waals surface area contributed by atoms with Crippen molar-refractivity contribution < 1.29 is 19.6 Å². The van der Waals surface area contributed by atoms with E-state index in [-0.39, 0.29) is 23.7 Å². The maximum Gasteiger partial charge on any atom is 0.410 e. The molecule has 2 rings (SSSR count). The van der Waals surface area contributed by atoms with Crippen molar-refractivity contribution in [2.75, 3.05) is 32.7 Å². The van der Waals surface area contributed by atoms with Crippen molar-refractivity contribution in [1.82, 2.24) is 19.4 Å². The number of amides is 1. The second-order valence-corrected chi connectivity index (χ2v) is 7.54. The third-order valence-electron chi connectivity index (χ3n) is 3.80. The standard InChI is InChI=1S/C15H24ClN5O5/c1-15(2,3)26-14(23)19-6-4-18(5-7-19)8-11(22)9-20-10-12(21(24)25)17-13(20)16/h10-11,22H,4-9H2,1-3H3/t11-/m0/s1. The van der Waals surface area contributed by atoms with Gasteiger partial charge in [0.15, 0.2) is 0 Å². The molecule has 1 atom stereocenters. The van der Waals surface area contributed by atoms with Crippen LogP contribution in [0.15, 0.2) is 6.20 Å². The summed E-state index contributed by atoms with van der Waals surface area (Å²) in [5.74, 6) is -0.354. The van der Waals surface area contributed by atoms with Crippen LogP contribution in [0.4, 0.5) is 10.6 Å². The van der Waals surface area contributed by atoms with Crippen LogP contribution < -0.4 is 0 Å². The fraction of sp³-hybridized carbons (Fsp3) is 0.733. The minimum atomic E-state index is -0.769. The van der Waals surface area contributed by atoms with E-state index in [1.807, 2.05) is 25.7 Å². The van der Waals surface area contributed by atoms with E-state index in [4.69, 9.17) is 16.3 Å². The van der Waals surface area contributed by atoms with Crippen LogP contribution in [0.25, 0.3) is 0 Å². The number of halogens is 1. The number of piperazine rings is 1. The second-order valence-electron chi connectivity index (χ2n) is 7.20. The highest BCUT2D eigenvalue weighted by Gasteiger charge is 2.27. The first-order chi connectivity index (χ1) is 12.0. The molecular formula is C15H24ClN5O5. The Bertz CT molecular complexity index is 651. The normalized spacial score (nSPS) is 17.2. The third-order valence-corrected chi connectivity index (χ3v) is 4.10. The largest absolute Gasteiger partial charge is 0.444 e. The number of carbonyl (C=O) groups excluding carboxylic acids is 1. The lowest BCUT2D eigenvalue weighted by molar-refractivity contribution is -0.389. The number of aliphatic hydroxyl groups excluding tert-OH is 1. The number of carbonyl (C=O) groups is 1. The molecule has 1 amide bonds. The predicted octanol–water partition coefficient (Wildman–Crippen LogP) is 1.36. The van der Waals surface area contributed by atoms with Gasteiger partial charge in [0.2, 0.25) is 0 Å². The van der Waals surface area contributed by atoms with Gasteiger partial charge in [-0.25, -0.2) is 4.79 Å². The molecule has 146 valence electrons. The summed E-state index contributed by atoms with van der Waals surface area (Å²) < 4.78 is 6.69. The predicted molar refractivity (Wildman–Crippen MR) is 94.1 cm³/mol. The molecule has 1 aliphatic rings. The maximum atomic E-state index is 12.0. The molecule has 1 aliphatic heterocycles. The van der Waals surface area contributed by atoms with E-state index in [1.54, 1.807) is 4.90 Å². The number of β-amino-alcohol motifs (C(OH)–C–C–N with tert-alkyl or cyclic N) is 1. The Morgan fingerprint density at radius 3 is 2.50 bits per heavy atom. The van der Waals surface area contributed by atoms with E-state index in [9.17, 15) is 20.0 Å². The molecule has 0 aromatic carbocycles. The van der Waals surface area contributed by atoms with Crippen molar-refractivity contribution in [3.8, 4) is 0 Å². The summed E-state index contributed by atoms with van der Waals surface area (Å²) in [6.45, 7) is 8.17. The van der Waals surface area contributed by atoms with Crippen LogP contribution in [-0.4, -0.2) is 79.9 Å². The number of nitrogens with zero attached hydrogens (tertiary/aromatic N) is 5. The highest BCUT2D eigenvalue weighted by molar-refractivity contribution is 6.28.